The molecule has 1 aromatic carbocycles. The van der Waals surface area contributed by atoms with E-state index in [1.807, 2.05) is 24.3 Å². The summed E-state index contributed by atoms with van der Waals surface area (Å²) >= 11 is 0. The number of rotatable bonds is 4. The first-order valence-electron chi connectivity index (χ1n) is 6.91. The fraction of sp³-hybridized carbons (Fsp3) is 0.562. The van der Waals surface area contributed by atoms with Crippen LogP contribution in [0.2, 0.25) is 0 Å². The van der Waals surface area contributed by atoms with Gasteiger partial charge in [-0.25, -0.2) is 0 Å². The minimum absolute atomic E-state index is 0.118. The Hall–Kier alpha value is -1.51. The van der Waals surface area contributed by atoms with Gasteiger partial charge < -0.3 is 10.1 Å². The third kappa shape index (κ3) is 3.98. The maximum atomic E-state index is 12.0. The zero-order valence-electron chi connectivity index (χ0n) is 12.0. The lowest BCUT2D eigenvalue weighted by Gasteiger charge is -2.17. The van der Waals surface area contributed by atoms with Gasteiger partial charge in [-0.2, -0.15) is 0 Å². The molecule has 1 saturated carbocycles. The fourth-order valence-corrected chi connectivity index (χ4v) is 2.77. The summed E-state index contributed by atoms with van der Waals surface area (Å²) in [6.07, 6.45) is 3.82. The van der Waals surface area contributed by atoms with Crippen LogP contribution in [0, 0.1) is 5.41 Å². The first-order chi connectivity index (χ1) is 8.98. The predicted octanol–water partition coefficient (Wildman–Crippen LogP) is 2.93. The highest BCUT2D eigenvalue weighted by Crippen LogP contribution is 2.36. The van der Waals surface area contributed by atoms with Gasteiger partial charge in [-0.1, -0.05) is 26.0 Å². The van der Waals surface area contributed by atoms with Gasteiger partial charge in [-0.05, 0) is 42.4 Å². The lowest BCUT2D eigenvalue weighted by molar-refractivity contribution is -0.121. The Balaban J connectivity index is 1.84. The summed E-state index contributed by atoms with van der Waals surface area (Å²) in [5.41, 5.74) is 1.40. The van der Waals surface area contributed by atoms with Gasteiger partial charge >= 0.3 is 0 Å². The Kier molecular flexibility index (Phi) is 4.13. The van der Waals surface area contributed by atoms with Crippen molar-refractivity contribution in [1.82, 2.24) is 5.32 Å². The second-order valence-corrected chi connectivity index (χ2v) is 6.20. The van der Waals surface area contributed by atoms with Crippen molar-refractivity contribution in [2.24, 2.45) is 5.41 Å². The smallest absolute Gasteiger partial charge is 0.224 e. The second-order valence-electron chi connectivity index (χ2n) is 6.20. The number of hydrogen-bond acceptors (Lipinski definition) is 2. The molecule has 0 bridgehead atoms. The average molecular weight is 261 g/mol. The van der Waals surface area contributed by atoms with Crippen LogP contribution in [0.4, 0.5) is 0 Å². The molecular weight excluding hydrogens is 238 g/mol. The molecule has 1 aliphatic carbocycles. The molecule has 1 N–H and O–H groups in total. The number of carbonyl (C=O) groups excluding carboxylic acids is 1. The molecule has 1 fully saturated rings. The lowest BCUT2D eigenvalue weighted by atomic mass is 9.92. The van der Waals surface area contributed by atoms with E-state index in [0.29, 0.717) is 17.9 Å². The summed E-state index contributed by atoms with van der Waals surface area (Å²) < 4.78 is 5.10. The highest BCUT2D eigenvalue weighted by molar-refractivity contribution is 5.78. The molecule has 0 spiro atoms. The Morgan fingerprint density at radius 3 is 2.58 bits per heavy atom. The largest absolute Gasteiger partial charge is 0.497 e. The van der Waals surface area contributed by atoms with Crippen LogP contribution in [0.15, 0.2) is 24.3 Å². The second kappa shape index (κ2) is 5.64. The average Bonchev–Trinajstić information content (AvgIpc) is 2.69. The van der Waals surface area contributed by atoms with Crippen molar-refractivity contribution < 1.29 is 9.53 Å². The standard InChI is InChI=1S/C16H23NO2/c1-16(2)9-8-13(11-16)17-15(18)10-12-4-6-14(19-3)7-5-12/h4-7,13H,8-11H2,1-3H3,(H,17,18). The number of carbonyl (C=O) groups is 1. The van der Waals surface area contributed by atoms with Crippen molar-refractivity contribution >= 4 is 5.91 Å². The molecule has 104 valence electrons. The Morgan fingerprint density at radius 1 is 1.37 bits per heavy atom. The molecule has 19 heavy (non-hydrogen) atoms. The topological polar surface area (TPSA) is 38.3 Å². The van der Waals surface area contributed by atoms with Crippen molar-refractivity contribution in [3.63, 3.8) is 0 Å². The normalized spacial score (nSPS) is 21.1. The fourth-order valence-electron chi connectivity index (χ4n) is 2.77. The zero-order valence-corrected chi connectivity index (χ0v) is 12.0. The molecule has 0 radical (unpaired) electrons. The highest BCUT2D eigenvalue weighted by Gasteiger charge is 2.31. The predicted molar refractivity (Wildman–Crippen MR) is 76.3 cm³/mol. The van der Waals surface area contributed by atoms with Gasteiger partial charge in [0.2, 0.25) is 5.91 Å². The van der Waals surface area contributed by atoms with E-state index in [4.69, 9.17) is 4.74 Å². The van der Waals surface area contributed by atoms with Gasteiger partial charge in [0.1, 0.15) is 5.75 Å². The van der Waals surface area contributed by atoms with E-state index in [9.17, 15) is 4.79 Å². The van der Waals surface area contributed by atoms with Gasteiger partial charge in [-0.3, -0.25) is 4.79 Å². The van der Waals surface area contributed by atoms with Gasteiger partial charge in [0.25, 0.3) is 0 Å². The molecule has 1 aliphatic rings. The number of nitrogens with one attached hydrogen (secondary N) is 1. The molecule has 3 nitrogen and oxygen atoms in total. The minimum atomic E-state index is 0.118. The quantitative estimate of drug-likeness (QED) is 0.905. The molecule has 0 aliphatic heterocycles. The van der Waals surface area contributed by atoms with Crippen LogP contribution < -0.4 is 10.1 Å². The van der Waals surface area contributed by atoms with E-state index in [1.54, 1.807) is 7.11 Å². The Bertz CT molecular complexity index is 437. The molecule has 1 unspecified atom stereocenters. The zero-order chi connectivity index (χ0) is 13.9. The van der Waals surface area contributed by atoms with Crippen molar-refractivity contribution in [3.8, 4) is 5.75 Å². The summed E-state index contributed by atoms with van der Waals surface area (Å²) in [6, 6.07) is 8.01. The van der Waals surface area contributed by atoms with E-state index in [-0.39, 0.29) is 5.91 Å². The third-order valence-corrected chi connectivity index (χ3v) is 3.86. The van der Waals surface area contributed by atoms with Gasteiger partial charge in [0.15, 0.2) is 0 Å². The van der Waals surface area contributed by atoms with Crippen LogP contribution in [0.5, 0.6) is 5.75 Å². The summed E-state index contributed by atoms with van der Waals surface area (Å²) in [6.45, 7) is 4.53. The van der Waals surface area contributed by atoms with Crippen LogP contribution in [0.1, 0.15) is 38.7 Å². The van der Waals surface area contributed by atoms with E-state index < -0.39 is 0 Å². The SMILES string of the molecule is COc1ccc(CC(=O)NC2CCC(C)(C)C2)cc1. The van der Waals surface area contributed by atoms with E-state index in [2.05, 4.69) is 19.2 Å². The van der Waals surface area contributed by atoms with Crippen molar-refractivity contribution in [1.29, 1.82) is 0 Å². The molecule has 1 atom stereocenters. The monoisotopic (exact) mass is 261 g/mol. The molecule has 0 aromatic heterocycles. The summed E-state index contributed by atoms with van der Waals surface area (Å²) in [5.74, 6) is 0.939. The molecule has 0 heterocycles. The molecule has 3 heteroatoms. The first-order valence-corrected chi connectivity index (χ1v) is 6.91. The number of benzene rings is 1. The van der Waals surface area contributed by atoms with E-state index in [0.717, 1.165) is 24.2 Å². The van der Waals surface area contributed by atoms with Crippen molar-refractivity contribution in [3.05, 3.63) is 29.8 Å². The van der Waals surface area contributed by atoms with Crippen LogP contribution in [-0.4, -0.2) is 19.1 Å². The van der Waals surface area contributed by atoms with Crippen LogP contribution in [-0.2, 0) is 11.2 Å². The summed E-state index contributed by atoms with van der Waals surface area (Å²) in [5, 5.41) is 3.14. The van der Waals surface area contributed by atoms with Gasteiger partial charge in [0.05, 0.1) is 13.5 Å². The molecule has 1 aromatic rings. The van der Waals surface area contributed by atoms with E-state index in [1.165, 1.54) is 6.42 Å². The maximum Gasteiger partial charge on any atom is 0.224 e. The maximum absolute atomic E-state index is 12.0. The van der Waals surface area contributed by atoms with Crippen LogP contribution >= 0.6 is 0 Å². The van der Waals surface area contributed by atoms with Gasteiger partial charge in [0, 0.05) is 6.04 Å². The molecule has 2 rings (SSSR count). The van der Waals surface area contributed by atoms with E-state index >= 15 is 0 Å². The van der Waals surface area contributed by atoms with Gasteiger partial charge in [-0.15, -0.1) is 0 Å². The highest BCUT2D eigenvalue weighted by atomic mass is 16.5. The van der Waals surface area contributed by atoms with Crippen LogP contribution in [0.3, 0.4) is 0 Å². The van der Waals surface area contributed by atoms with Crippen molar-refractivity contribution in [2.75, 3.05) is 7.11 Å². The summed E-state index contributed by atoms with van der Waals surface area (Å²) in [4.78, 5) is 12.0. The molecule has 1 amide bonds. The molecular formula is C16H23NO2. The number of amides is 1. The first kappa shape index (κ1) is 13.9. The summed E-state index contributed by atoms with van der Waals surface area (Å²) in [7, 11) is 1.64. The third-order valence-electron chi connectivity index (χ3n) is 3.86. The number of methoxy groups -OCH3 is 1. The number of hydrogen-bond donors (Lipinski definition) is 1. The molecule has 0 saturated heterocycles. The minimum Gasteiger partial charge on any atom is -0.497 e. The number of ether oxygens (including phenoxy) is 1. The Labute approximate surface area is 115 Å². The lowest BCUT2D eigenvalue weighted by Crippen LogP contribution is -2.34. The van der Waals surface area contributed by atoms with Crippen molar-refractivity contribution in [2.45, 2.75) is 45.6 Å². The Morgan fingerprint density at radius 2 is 2.05 bits per heavy atom. The van der Waals surface area contributed by atoms with Crippen LogP contribution in [0.25, 0.3) is 0 Å².